The molecule has 1 aromatic rings. The third kappa shape index (κ3) is 2.52. The van der Waals surface area contributed by atoms with Crippen LogP contribution in [0.25, 0.3) is 0 Å². The molecule has 0 radical (unpaired) electrons. The predicted octanol–water partition coefficient (Wildman–Crippen LogP) is 1.84. The van der Waals surface area contributed by atoms with Gasteiger partial charge in [0.25, 0.3) is 5.91 Å². The maximum Gasteiger partial charge on any atom is 0.253 e. The standard InChI is InChI=1S/C13H19N3O/c1-3-8-6-11(8)16-12-7-9(14)4-5-10(12)13(17)15-2/h4-5,7-8,11,16H,3,6,14H2,1-2H3,(H,15,17). The van der Waals surface area contributed by atoms with Gasteiger partial charge in [-0.2, -0.15) is 0 Å². The fourth-order valence-electron chi connectivity index (χ4n) is 2.09. The van der Waals surface area contributed by atoms with Crippen molar-refractivity contribution in [3.8, 4) is 0 Å². The largest absolute Gasteiger partial charge is 0.399 e. The van der Waals surface area contributed by atoms with E-state index in [9.17, 15) is 4.79 Å². The number of amides is 1. The molecular weight excluding hydrogens is 214 g/mol. The lowest BCUT2D eigenvalue weighted by molar-refractivity contribution is 0.0964. The van der Waals surface area contributed by atoms with Crippen molar-refractivity contribution in [2.24, 2.45) is 5.92 Å². The van der Waals surface area contributed by atoms with E-state index in [2.05, 4.69) is 17.6 Å². The highest BCUT2D eigenvalue weighted by atomic mass is 16.1. The van der Waals surface area contributed by atoms with Crippen LogP contribution >= 0.6 is 0 Å². The van der Waals surface area contributed by atoms with Crippen LogP contribution in [0.15, 0.2) is 18.2 Å². The molecule has 4 N–H and O–H groups in total. The third-order valence-electron chi connectivity index (χ3n) is 3.30. The Hall–Kier alpha value is -1.71. The Balaban J connectivity index is 2.19. The predicted molar refractivity (Wildman–Crippen MR) is 70.1 cm³/mol. The van der Waals surface area contributed by atoms with Crippen LogP contribution in [0, 0.1) is 5.92 Å². The van der Waals surface area contributed by atoms with Crippen molar-refractivity contribution in [1.29, 1.82) is 0 Å². The molecular formula is C13H19N3O. The summed E-state index contributed by atoms with van der Waals surface area (Å²) in [4.78, 5) is 11.7. The van der Waals surface area contributed by atoms with Gasteiger partial charge in [0.1, 0.15) is 0 Å². The summed E-state index contributed by atoms with van der Waals surface area (Å²) in [5.41, 5.74) is 7.93. The average Bonchev–Trinajstić information content (AvgIpc) is 3.07. The maximum absolute atomic E-state index is 11.7. The minimum Gasteiger partial charge on any atom is -0.399 e. The van der Waals surface area contributed by atoms with Gasteiger partial charge in [-0.3, -0.25) is 4.79 Å². The first kappa shape index (κ1) is 11.8. The SMILES string of the molecule is CCC1CC1Nc1cc(N)ccc1C(=O)NC. The summed E-state index contributed by atoms with van der Waals surface area (Å²) < 4.78 is 0. The van der Waals surface area contributed by atoms with Crippen LogP contribution in [0.4, 0.5) is 11.4 Å². The van der Waals surface area contributed by atoms with Gasteiger partial charge in [-0.15, -0.1) is 0 Å². The number of hydrogen-bond donors (Lipinski definition) is 3. The van der Waals surface area contributed by atoms with Crippen molar-refractivity contribution >= 4 is 17.3 Å². The van der Waals surface area contributed by atoms with E-state index in [0.29, 0.717) is 17.3 Å². The normalized spacial score (nSPS) is 22.0. The molecule has 1 aliphatic rings. The lowest BCUT2D eigenvalue weighted by atomic mass is 10.1. The number of benzene rings is 1. The molecule has 1 saturated carbocycles. The quantitative estimate of drug-likeness (QED) is 0.695. The molecule has 0 aromatic heterocycles. The molecule has 2 unspecified atom stereocenters. The first-order valence-electron chi connectivity index (χ1n) is 6.03. The van der Waals surface area contributed by atoms with E-state index in [4.69, 9.17) is 5.73 Å². The highest BCUT2D eigenvalue weighted by molar-refractivity contribution is 6.00. The van der Waals surface area contributed by atoms with Crippen molar-refractivity contribution in [2.75, 3.05) is 18.1 Å². The van der Waals surface area contributed by atoms with Crippen LogP contribution in [-0.4, -0.2) is 19.0 Å². The first-order chi connectivity index (χ1) is 8.15. The fraction of sp³-hybridized carbons (Fsp3) is 0.462. The number of nitrogens with two attached hydrogens (primary N) is 1. The molecule has 0 bridgehead atoms. The topological polar surface area (TPSA) is 67.1 Å². The second-order valence-corrected chi connectivity index (χ2v) is 4.54. The smallest absolute Gasteiger partial charge is 0.253 e. The van der Waals surface area contributed by atoms with Crippen LogP contribution in [-0.2, 0) is 0 Å². The lowest BCUT2D eigenvalue weighted by Gasteiger charge is -2.11. The highest BCUT2D eigenvalue weighted by Crippen LogP contribution is 2.37. The van der Waals surface area contributed by atoms with E-state index in [-0.39, 0.29) is 5.91 Å². The molecule has 17 heavy (non-hydrogen) atoms. The molecule has 92 valence electrons. The van der Waals surface area contributed by atoms with Crippen molar-refractivity contribution in [3.63, 3.8) is 0 Å². The van der Waals surface area contributed by atoms with E-state index < -0.39 is 0 Å². The third-order valence-corrected chi connectivity index (χ3v) is 3.30. The Kier molecular flexibility index (Phi) is 3.22. The second kappa shape index (κ2) is 4.65. The van der Waals surface area contributed by atoms with Gasteiger partial charge in [-0.05, 0) is 30.5 Å². The Morgan fingerprint density at radius 3 is 2.88 bits per heavy atom. The van der Waals surface area contributed by atoms with Crippen LogP contribution in [0.5, 0.6) is 0 Å². The minimum absolute atomic E-state index is 0.0822. The van der Waals surface area contributed by atoms with Gasteiger partial charge in [-0.1, -0.05) is 13.3 Å². The summed E-state index contributed by atoms with van der Waals surface area (Å²) >= 11 is 0. The number of anilines is 2. The van der Waals surface area contributed by atoms with Crippen molar-refractivity contribution in [2.45, 2.75) is 25.8 Å². The molecule has 0 saturated heterocycles. The molecule has 1 aromatic carbocycles. The van der Waals surface area contributed by atoms with Gasteiger partial charge in [0.05, 0.1) is 5.56 Å². The summed E-state index contributed by atoms with van der Waals surface area (Å²) in [5.74, 6) is 0.648. The number of nitrogen functional groups attached to an aromatic ring is 1. The van der Waals surface area contributed by atoms with E-state index in [1.807, 2.05) is 6.07 Å². The molecule has 0 spiro atoms. The van der Waals surface area contributed by atoms with E-state index in [1.165, 1.54) is 12.8 Å². The first-order valence-corrected chi connectivity index (χ1v) is 6.03. The summed E-state index contributed by atoms with van der Waals surface area (Å²) in [6.07, 6.45) is 2.35. The van der Waals surface area contributed by atoms with Gasteiger partial charge in [0.15, 0.2) is 0 Å². The Bertz CT molecular complexity index is 431. The molecule has 0 heterocycles. The minimum atomic E-state index is -0.0822. The Morgan fingerprint density at radius 1 is 1.53 bits per heavy atom. The summed E-state index contributed by atoms with van der Waals surface area (Å²) in [6.45, 7) is 2.19. The van der Waals surface area contributed by atoms with Crippen LogP contribution in [0.3, 0.4) is 0 Å². The highest BCUT2D eigenvalue weighted by Gasteiger charge is 2.35. The van der Waals surface area contributed by atoms with Gasteiger partial charge >= 0.3 is 0 Å². The van der Waals surface area contributed by atoms with Crippen LogP contribution in [0.2, 0.25) is 0 Å². The van der Waals surface area contributed by atoms with Gasteiger partial charge < -0.3 is 16.4 Å². The van der Waals surface area contributed by atoms with Crippen LogP contribution < -0.4 is 16.4 Å². The second-order valence-electron chi connectivity index (χ2n) is 4.54. The number of hydrogen-bond acceptors (Lipinski definition) is 3. The summed E-state index contributed by atoms with van der Waals surface area (Å²) in [7, 11) is 1.63. The molecule has 4 heteroatoms. The molecule has 2 rings (SSSR count). The fourth-order valence-corrected chi connectivity index (χ4v) is 2.09. The van der Waals surface area contributed by atoms with E-state index in [0.717, 1.165) is 11.6 Å². The summed E-state index contributed by atoms with van der Waals surface area (Å²) in [5, 5.41) is 6.04. The van der Waals surface area contributed by atoms with Crippen LogP contribution in [0.1, 0.15) is 30.1 Å². The number of nitrogens with one attached hydrogen (secondary N) is 2. The zero-order chi connectivity index (χ0) is 12.4. The van der Waals surface area contributed by atoms with Crippen molar-refractivity contribution in [1.82, 2.24) is 5.32 Å². The van der Waals surface area contributed by atoms with Gasteiger partial charge in [0, 0.05) is 24.5 Å². The molecule has 1 amide bonds. The average molecular weight is 233 g/mol. The lowest BCUT2D eigenvalue weighted by Crippen LogP contribution is -2.20. The Morgan fingerprint density at radius 2 is 2.29 bits per heavy atom. The van der Waals surface area contributed by atoms with E-state index >= 15 is 0 Å². The molecule has 1 aliphatic carbocycles. The Labute approximate surface area is 102 Å². The number of rotatable bonds is 4. The maximum atomic E-state index is 11.7. The number of carbonyl (C=O) groups excluding carboxylic acids is 1. The molecule has 1 fully saturated rings. The molecule has 0 aliphatic heterocycles. The van der Waals surface area contributed by atoms with E-state index in [1.54, 1.807) is 19.2 Å². The zero-order valence-corrected chi connectivity index (χ0v) is 10.3. The molecule has 2 atom stereocenters. The van der Waals surface area contributed by atoms with Gasteiger partial charge in [-0.25, -0.2) is 0 Å². The zero-order valence-electron chi connectivity index (χ0n) is 10.3. The van der Waals surface area contributed by atoms with Crippen molar-refractivity contribution in [3.05, 3.63) is 23.8 Å². The summed E-state index contributed by atoms with van der Waals surface area (Å²) in [6, 6.07) is 5.83. The monoisotopic (exact) mass is 233 g/mol. The number of carbonyl (C=O) groups is 1. The van der Waals surface area contributed by atoms with Crippen molar-refractivity contribution < 1.29 is 4.79 Å². The van der Waals surface area contributed by atoms with Gasteiger partial charge in [0.2, 0.25) is 0 Å². The molecule has 4 nitrogen and oxygen atoms in total.